The molecule has 0 aliphatic carbocycles. The lowest BCUT2D eigenvalue weighted by Crippen LogP contribution is -2.22. The number of benzene rings is 4. The Morgan fingerprint density at radius 3 is 2.45 bits per heavy atom. The van der Waals surface area contributed by atoms with Crippen LogP contribution in [0.15, 0.2) is 95.2 Å². The molecule has 0 saturated carbocycles. The third kappa shape index (κ3) is 6.27. The van der Waals surface area contributed by atoms with Gasteiger partial charge in [0.2, 0.25) is 5.91 Å². The van der Waals surface area contributed by atoms with Crippen molar-refractivity contribution in [2.45, 2.75) is 17.1 Å². The fraction of sp³-hybridized carbons (Fsp3) is 0.129. The third-order valence-electron chi connectivity index (χ3n) is 6.20. The topological polar surface area (TPSA) is 89.5 Å². The fourth-order valence-corrected chi connectivity index (χ4v) is 5.75. The number of methoxy groups -OCH3 is 2. The molecule has 5 rings (SSSR count). The summed E-state index contributed by atoms with van der Waals surface area (Å²) < 4.78 is 10.5. The van der Waals surface area contributed by atoms with Crippen molar-refractivity contribution < 1.29 is 19.1 Å². The predicted octanol–water partition coefficient (Wildman–Crippen LogP) is 7.35. The van der Waals surface area contributed by atoms with Crippen molar-refractivity contribution >= 4 is 56.5 Å². The van der Waals surface area contributed by atoms with Crippen LogP contribution in [0.4, 0.5) is 10.8 Å². The zero-order valence-corrected chi connectivity index (χ0v) is 23.8. The molecule has 0 saturated heterocycles. The minimum Gasteiger partial charge on any atom is -0.493 e. The number of hydrogen-bond donors (Lipinski definition) is 2. The first-order chi connectivity index (χ1) is 19.4. The predicted molar refractivity (Wildman–Crippen MR) is 163 cm³/mol. The van der Waals surface area contributed by atoms with E-state index in [0.717, 1.165) is 21.5 Å². The molecule has 1 aromatic heterocycles. The minimum absolute atomic E-state index is 0.149. The Balaban J connectivity index is 1.20. The Morgan fingerprint density at radius 2 is 1.65 bits per heavy atom. The van der Waals surface area contributed by atoms with Crippen LogP contribution in [0.1, 0.15) is 17.3 Å². The van der Waals surface area contributed by atoms with Crippen LogP contribution in [-0.4, -0.2) is 36.3 Å². The Kier molecular flexibility index (Phi) is 8.33. The van der Waals surface area contributed by atoms with Crippen molar-refractivity contribution in [1.82, 2.24) is 4.98 Å². The number of carbonyl (C=O) groups is 2. The molecule has 0 aliphatic rings. The lowest BCUT2D eigenvalue weighted by molar-refractivity contribution is -0.115. The zero-order valence-electron chi connectivity index (χ0n) is 22.1. The number of anilines is 2. The van der Waals surface area contributed by atoms with Gasteiger partial charge < -0.3 is 20.1 Å². The van der Waals surface area contributed by atoms with E-state index in [1.54, 1.807) is 31.4 Å². The highest BCUT2D eigenvalue weighted by Crippen LogP contribution is 2.31. The minimum atomic E-state index is -0.384. The number of carbonyl (C=O) groups excluding carboxylic acids is 2. The zero-order chi connectivity index (χ0) is 28.1. The van der Waals surface area contributed by atoms with Gasteiger partial charge in [-0.2, -0.15) is 0 Å². The molecule has 0 aliphatic heterocycles. The molecule has 0 spiro atoms. The number of rotatable bonds is 9. The van der Waals surface area contributed by atoms with Gasteiger partial charge in [-0.05, 0) is 60.2 Å². The smallest absolute Gasteiger partial charge is 0.255 e. The normalized spacial score (nSPS) is 11.6. The second kappa shape index (κ2) is 12.2. The average Bonchev–Trinajstić information content (AvgIpc) is 3.45. The van der Waals surface area contributed by atoms with Crippen molar-refractivity contribution in [3.05, 3.63) is 95.9 Å². The van der Waals surface area contributed by atoms with E-state index in [-0.39, 0.29) is 17.1 Å². The Bertz CT molecular complexity index is 1680. The van der Waals surface area contributed by atoms with Gasteiger partial charge in [0, 0.05) is 27.1 Å². The standard InChI is InChI=1S/C31H27N3O4S2/c1-19(29(35)34-31-33-26(18-39-31)22-12-11-20-7-4-5-8-21(20)15-22)40-25-10-6-9-24(17-25)32-30(36)23-13-14-27(37-2)28(16-23)38-3/h4-19H,1-3H3,(H,32,36)(H,33,34,35). The van der Waals surface area contributed by atoms with Gasteiger partial charge in [0.25, 0.3) is 5.91 Å². The SMILES string of the molecule is COc1ccc(C(=O)Nc2cccc(SC(C)C(=O)Nc3nc(-c4ccc5ccccc5c4)cs3)c2)cc1OC. The molecule has 0 fully saturated rings. The number of aromatic nitrogens is 1. The van der Waals surface area contributed by atoms with Crippen LogP contribution in [-0.2, 0) is 4.79 Å². The lowest BCUT2D eigenvalue weighted by Gasteiger charge is -2.12. The van der Waals surface area contributed by atoms with Crippen LogP contribution in [0.3, 0.4) is 0 Å². The first-order valence-electron chi connectivity index (χ1n) is 12.5. The van der Waals surface area contributed by atoms with E-state index >= 15 is 0 Å². The van der Waals surface area contributed by atoms with Gasteiger partial charge in [-0.25, -0.2) is 4.98 Å². The van der Waals surface area contributed by atoms with E-state index in [1.165, 1.54) is 35.6 Å². The Morgan fingerprint density at radius 1 is 0.850 bits per heavy atom. The van der Waals surface area contributed by atoms with Crippen LogP contribution >= 0.6 is 23.1 Å². The molecule has 0 bridgehead atoms. The maximum Gasteiger partial charge on any atom is 0.255 e. The van der Waals surface area contributed by atoms with Crippen LogP contribution in [0.2, 0.25) is 0 Å². The largest absolute Gasteiger partial charge is 0.493 e. The van der Waals surface area contributed by atoms with Crippen molar-refractivity contribution in [2.24, 2.45) is 0 Å². The van der Waals surface area contributed by atoms with Gasteiger partial charge in [0.05, 0.1) is 25.2 Å². The van der Waals surface area contributed by atoms with Crippen molar-refractivity contribution in [1.29, 1.82) is 0 Å². The summed E-state index contributed by atoms with van der Waals surface area (Å²) in [6.45, 7) is 1.84. The summed E-state index contributed by atoms with van der Waals surface area (Å²) in [6.07, 6.45) is 0. The van der Waals surface area contributed by atoms with Gasteiger partial charge >= 0.3 is 0 Å². The van der Waals surface area contributed by atoms with Crippen LogP contribution in [0, 0.1) is 0 Å². The van der Waals surface area contributed by atoms with Crippen molar-refractivity contribution in [3.63, 3.8) is 0 Å². The highest BCUT2D eigenvalue weighted by Gasteiger charge is 2.17. The number of nitrogens with zero attached hydrogens (tertiary/aromatic N) is 1. The molecule has 4 aromatic carbocycles. The summed E-state index contributed by atoms with van der Waals surface area (Å²) in [4.78, 5) is 31.2. The Labute approximate surface area is 240 Å². The second-order valence-corrected chi connectivity index (χ2v) is 11.2. The summed E-state index contributed by atoms with van der Waals surface area (Å²) in [5.74, 6) is 0.598. The van der Waals surface area contributed by atoms with E-state index in [9.17, 15) is 9.59 Å². The van der Waals surface area contributed by atoms with E-state index < -0.39 is 0 Å². The third-order valence-corrected chi connectivity index (χ3v) is 8.05. The van der Waals surface area contributed by atoms with E-state index in [0.29, 0.717) is 27.9 Å². The summed E-state index contributed by atoms with van der Waals surface area (Å²) in [5, 5.41) is 10.3. The van der Waals surface area contributed by atoms with Crippen molar-refractivity contribution in [2.75, 3.05) is 24.9 Å². The Hall–Kier alpha value is -4.34. The van der Waals surface area contributed by atoms with Gasteiger partial charge in [-0.15, -0.1) is 23.1 Å². The summed E-state index contributed by atoms with van der Waals surface area (Å²) >= 11 is 2.80. The second-order valence-electron chi connectivity index (χ2n) is 8.90. The molecular formula is C31H27N3O4S2. The summed E-state index contributed by atoms with van der Waals surface area (Å²) in [5.41, 5.74) is 2.89. The van der Waals surface area contributed by atoms with Gasteiger partial charge in [-0.3, -0.25) is 9.59 Å². The van der Waals surface area contributed by atoms with Gasteiger partial charge in [0.1, 0.15) is 0 Å². The first-order valence-corrected chi connectivity index (χ1v) is 14.2. The van der Waals surface area contributed by atoms with Gasteiger partial charge in [0.15, 0.2) is 16.6 Å². The highest BCUT2D eigenvalue weighted by molar-refractivity contribution is 8.00. The molecule has 40 heavy (non-hydrogen) atoms. The number of thioether (sulfide) groups is 1. The molecule has 5 aromatic rings. The maximum absolute atomic E-state index is 12.9. The quantitative estimate of drug-likeness (QED) is 0.180. The highest BCUT2D eigenvalue weighted by atomic mass is 32.2. The van der Waals surface area contributed by atoms with E-state index in [4.69, 9.17) is 9.47 Å². The number of fused-ring (bicyclic) bond motifs is 1. The van der Waals surface area contributed by atoms with E-state index in [2.05, 4.69) is 39.9 Å². The average molecular weight is 570 g/mol. The molecule has 2 N–H and O–H groups in total. The molecule has 1 atom stereocenters. The number of thiazole rings is 1. The number of ether oxygens (including phenoxy) is 2. The molecule has 2 amide bonds. The number of hydrogen-bond acceptors (Lipinski definition) is 7. The summed E-state index contributed by atoms with van der Waals surface area (Å²) in [7, 11) is 3.07. The molecule has 0 radical (unpaired) electrons. The van der Waals surface area contributed by atoms with Crippen LogP contribution in [0.5, 0.6) is 11.5 Å². The van der Waals surface area contributed by atoms with Crippen LogP contribution < -0.4 is 20.1 Å². The first kappa shape index (κ1) is 27.2. The molecule has 202 valence electrons. The van der Waals surface area contributed by atoms with E-state index in [1.807, 2.05) is 48.7 Å². The molecular weight excluding hydrogens is 542 g/mol. The molecule has 1 unspecified atom stereocenters. The lowest BCUT2D eigenvalue weighted by atomic mass is 10.1. The van der Waals surface area contributed by atoms with Crippen molar-refractivity contribution in [3.8, 4) is 22.8 Å². The molecule has 7 nitrogen and oxygen atoms in total. The molecule has 1 heterocycles. The number of amides is 2. The summed E-state index contributed by atoms with van der Waals surface area (Å²) in [6, 6.07) is 26.8. The maximum atomic E-state index is 12.9. The molecule has 9 heteroatoms. The van der Waals surface area contributed by atoms with Crippen LogP contribution in [0.25, 0.3) is 22.0 Å². The number of nitrogens with one attached hydrogen (secondary N) is 2. The fourth-order valence-electron chi connectivity index (χ4n) is 4.10. The van der Waals surface area contributed by atoms with Gasteiger partial charge in [-0.1, -0.05) is 42.5 Å². The monoisotopic (exact) mass is 569 g/mol.